The van der Waals surface area contributed by atoms with Gasteiger partial charge in [0.25, 0.3) is 0 Å². The molecule has 0 aromatic heterocycles. The van der Waals surface area contributed by atoms with Crippen molar-refractivity contribution < 1.29 is 4.39 Å². The van der Waals surface area contributed by atoms with Crippen LogP contribution in [0.5, 0.6) is 0 Å². The lowest BCUT2D eigenvalue weighted by atomic mass is 10.00. The largest absolute Gasteiger partial charge is 0.313 e. The third-order valence-corrected chi connectivity index (χ3v) is 2.13. The predicted molar refractivity (Wildman–Crippen MR) is 54.4 cm³/mol. The molecule has 1 nitrogen and oxygen atoms in total. The van der Waals surface area contributed by atoms with E-state index >= 15 is 0 Å². The van der Waals surface area contributed by atoms with E-state index in [0.717, 1.165) is 25.1 Å². The lowest BCUT2D eigenvalue weighted by molar-refractivity contribution is 0.561. The van der Waals surface area contributed by atoms with E-state index in [-0.39, 0.29) is 6.67 Å². The van der Waals surface area contributed by atoms with E-state index in [9.17, 15) is 4.39 Å². The molecule has 1 aliphatic heterocycles. The molecule has 0 spiro atoms. The molecule has 13 heavy (non-hydrogen) atoms. The number of halogens is 1. The SMILES string of the molecule is C/C=C(\C=C/CF)C1=CCNCC1. The molecule has 0 bridgehead atoms. The van der Waals surface area contributed by atoms with Crippen LogP contribution >= 0.6 is 0 Å². The molecule has 0 saturated heterocycles. The Bertz CT molecular complexity index is 238. The monoisotopic (exact) mass is 181 g/mol. The van der Waals surface area contributed by atoms with Gasteiger partial charge in [-0.05, 0) is 31.0 Å². The molecule has 2 heteroatoms. The van der Waals surface area contributed by atoms with Gasteiger partial charge in [-0.25, -0.2) is 4.39 Å². The molecule has 0 radical (unpaired) electrons. The summed E-state index contributed by atoms with van der Waals surface area (Å²) in [6.07, 6.45) is 8.65. The van der Waals surface area contributed by atoms with Crippen molar-refractivity contribution in [2.45, 2.75) is 13.3 Å². The summed E-state index contributed by atoms with van der Waals surface area (Å²) in [6.45, 7) is 3.55. The summed E-state index contributed by atoms with van der Waals surface area (Å²) in [5, 5.41) is 3.25. The van der Waals surface area contributed by atoms with Crippen LogP contribution in [0.1, 0.15) is 13.3 Å². The lowest BCUT2D eigenvalue weighted by Gasteiger charge is -2.14. The van der Waals surface area contributed by atoms with Gasteiger partial charge in [0.15, 0.2) is 0 Å². The maximum Gasteiger partial charge on any atom is 0.108 e. The van der Waals surface area contributed by atoms with E-state index in [1.54, 1.807) is 6.08 Å². The second kappa shape index (κ2) is 5.70. The molecule has 72 valence electrons. The average Bonchev–Trinajstić information content (AvgIpc) is 2.21. The van der Waals surface area contributed by atoms with E-state index in [1.165, 1.54) is 5.57 Å². The van der Waals surface area contributed by atoms with Gasteiger partial charge in [0.2, 0.25) is 0 Å². The van der Waals surface area contributed by atoms with Gasteiger partial charge in [0.1, 0.15) is 6.67 Å². The Kier molecular flexibility index (Phi) is 4.47. The lowest BCUT2D eigenvalue weighted by Crippen LogP contribution is -2.20. The molecule has 0 aromatic carbocycles. The predicted octanol–water partition coefficient (Wildman–Crippen LogP) is 2.38. The van der Waals surface area contributed by atoms with Gasteiger partial charge in [0, 0.05) is 6.54 Å². The first-order valence-corrected chi connectivity index (χ1v) is 4.67. The summed E-state index contributed by atoms with van der Waals surface area (Å²) < 4.78 is 11.9. The summed E-state index contributed by atoms with van der Waals surface area (Å²) in [4.78, 5) is 0. The van der Waals surface area contributed by atoms with Crippen LogP contribution in [-0.2, 0) is 0 Å². The fourth-order valence-electron chi connectivity index (χ4n) is 1.44. The van der Waals surface area contributed by atoms with Gasteiger partial charge in [-0.3, -0.25) is 0 Å². The Morgan fingerprint density at radius 2 is 2.54 bits per heavy atom. The molecule has 0 amide bonds. The topological polar surface area (TPSA) is 12.0 Å². The van der Waals surface area contributed by atoms with Crippen LogP contribution in [-0.4, -0.2) is 19.8 Å². The van der Waals surface area contributed by atoms with Crippen molar-refractivity contribution in [2.24, 2.45) is 0 Å². The summed E-state index contributed by atoms with van der Waals surface area (Å²) in [5.41, 5.74) is 2.48. The molecule has 1 heterocycles. The molecule has 0 aromatic rings. The Hall–Kier alpha value is -0.890. The Labute approximate surface area is 79.0 Å². The van der Waals surface area contributed by atoms with Gasteiger partial charge in [-0.1, -0.05) is 24.3 Å². The minimum absolute atomic E-state index is 0.386. The Balaban J connectivity index is 2.66. The third-order valence-electron chi connectivity index (χ3n) is 2.13. The molecule has 0 saturated carbocycles. The van der Waals surface area contributed by atoms with Crippen molar-refractivity contribution in [1.82, 2.24) is 5.32 Å². The van der Waals surface area contributed by atoms with E-state index in [4.69, 9.17) is 0 Å². The maximum atomic E-state index is 11.9. The molecule has 0 atom stereocenters. The quantitative estimate of drug-likeness (QED) is 0.659. The first-order valence-electron chi connectivity index (χ1n) is 4.67. The van der Waals surface area contributed by atoms with Gasteiger partial charge in [-0.15, -0.1) is 0 Å². The zero-order valence-electron chi connectivity index (χ0n) is 8.02. The normalized spacial score (nSPS) is 19.2. The van der Waals surface area contributed by atoms with Crippen molar-refractivity contribution >= 4 is 0 Å². The molecular weight excluding hydrogens is 165 g/mol. The second-order valence-electron chi connectivity index (χ2n) is 2.98. The fourth-order valence-corrected chi connectivity index (χ4v) is 1.44. The molecule has 1 N–H and O–H groups in total. The summed E-state index contributed by atoms with van der Waals surface area (Å²) in [5.74, 6) is 0. The highest BCUT2D eigenvalue weighted by Gasteiger charge is 2.04. The third kappa shape index (κ3) is 3.15. The van der Waals surface area contributed by atoms with Crippen LogP contribution in [0.25, 0.3) is 0 Å². The van der Waals surface area contributed by atoms with Crippen LogP contribution < -0.4 is 5.32 Å². The van der Waals surface area contributed by atoms with Crippen LogP contribution in [0.3, 0.4) is 0 Å². The molecule has 1 rings (SSSR count). The number of hydrogen-bond donors (Lipinski definition) is 1. The highest BCUT2D eigenvalue weighted by atomic mass is 19.1. The summed E-state index contributed by atoms with van der Waals surface area (Å²) >= 11 is 0. The fraction of sp³-hybridized carbons (Fsp3) is 0.455. The standard InChI is InChI=1S/C11H16FN/c1-2-10(4-3-7-12)11-5-8-13-9-6-11/h2-5,13H,6-9H2,1H3/b4-3-,10-2+. The first-order chi connectivity index (χ1) is 6.38. The van der Waals surface area contributed by atoms with Crippen LogP contribution in [0, 0.1) is 0 Å². The number of nitrogens with one attached hydrogen (secondary N) is 1. The summed E-state index contributed by atoms with van der Waals surface area (Å²) in [7, 11) is 0. The van der Waals surface area contributed by atoms with Crippen molar-refractivity contribution in [3.63, 3.8) is 0 Å². The number of allylic oxidation sites excluding steroid dienone is 4. The number of hydrogen-bond acceptors (Lipinski definition) is 1. The van der Waals surface area contributed by atoms with Crippen molar-refractivity contribution in [1.29, 1.82) is 0 Å². The molecule has 1 aliphatic rings. The van der Waals surface area contributed by atoms with E-state index in [0.29, 0.717) is 0 Å². The zero-order chi connectivity index (χ0) is 9.52. The molecule has 0 aliphatic carbocycles. The first kappa shape index (κ1) is 10.2. The second-order valence-corrected chi connectivity index (χ2v) is 2.98. The van der Waals surface area contributed by atoms with Gasteiger partial charge >= 0.3 is 0 Å². The van der Waals surface area contributed by atoms with Gasteiger partial charge < -0.3 is 5.32 Å². The van der Waals surface area contributed by atoms with Crippen LogP contribution in [0.15, 0.2) is 35.5 Å². The van der Waals surface area contributed by atoms with E-state index in [1.807, 2.05) is 19.1 Å². The highest BCUT2D eigenvalue weighted by Crippen LogP contribution is 2.16. The van der Waals surface area contributed by atoms with Crippen molar-refractivity contribution in [3.8, 4) is 0 Å². The van der Waals surface area contributed by atoms with Gasteiger partial charge in [-0.2, -0.15) is 0 Å². The Morgan fingerprint density at radius 1 is 1.69 bits per heavy atom. The zero-order valence-corrected chi connectivity index (χ0v) is 8.02. The molecule has 0 fully saturated rings. The minimum atomic E-state index is -0.386. The number of alkyl halides is 1. The number of rotatable bonds is 3. The van der Waals surface area contributed by atoms with Crippen LogP contribution in [0.4, 0.5) is 4.39 Å². The van der Waals surface area contributed by atoms with Crippen molar-refractivity contribution in [2.75, 3.05) is 19.8 Å². The van der Waals surface area contributed by atoms with Crippen molar-refractivity contribution in [3.05, 3.63) is 35.5 Å². The Morgan fingerprint density at radius 3 is 3.08 bits per heavy atom. The smallest absolute Gasteiger partial charge is 0.108 e. The van der Waals surface area contributed by atoms with E-state index in [2.05, 4.69) is 11.4 Å². The average molecular weight is 181 g/mol. The summed E-state index contributed by atoms with van der Waals surface area (Å²) in [6, 6.07) is 0. The highest BCUT2D eigenvalue weighted by molar-refractivity contribution is 5.40. The van der Waals surface area contributed by atoms with Gasteiger partial charge in [0.05, 0.1) is 0 Å². The van der Waals surface area contributed by atoms with E-state index < -0.39 is 0 Å². The van der Waals surface area contributed by atoms with Crippen LogP contribution in [0.2, 0.25) is 0 Å². The minimum Gasteiger partial charge on any atom is -0.313 e. The molecule has 0 unspecified atom stereocenters. The molecular formula is C11H16FN. The maximum absolute atomic E-state index is 11.9.